The molecule has 0 fully saturated rings. The van der Waals surface area contributed by atoms with Crippen LogP contribution in [-0.4, -0.2) is 22.8 Å². The van der Waals surface area contributed by atoms with Gasteiger partial charge in [0.15, 0.2) is 0 Å². The molecule has 0 radical (unpaired) electrons. The minimum atomic E-state index is -4.54. The summed E-state index contributed by atoms with van der Waals surface area (Å²) in [5.74, 6) is -0.543. The van der Waals surface area contributed by atoms with E-state index in [0.717, 1.165) is 5.01 Å². The van der Waals surface area contributed by atoms with Crippen LogP contribution >= 0.6 is 0 Å². The second-order valence-electron chi connectivity index (χ2n) is 5.19. The third-order valence-corrected chi connectivity index (χ3v) is 3.65. The van der Waals surface area contributed by atoms with E-state index < -0.39 is 23.8 Å². The molecule has 1 heterocycles. The molecule has 2 aromatic carbocycles. The van der Waals surface area contributed by atoms with Crippen LogP contribution in [0.3, 0.4) is 0 Å². The van der Waals surface area contributed by atoms with Crippen molar-refractivity contribution < 1.29 is 18.0 Å². The Balaban J connectivity index is 1.98. The summed E-state index contributed by atoms with van der Waals surface area (Å²) in [6, 6.07) is 16.1. The van der Waals surface area contributed by atoms with Gasteiger partial charge in [-0.3, -0.25) is 4.79 Å². The van der Waals surface area contributed by atoms with Crippen LogP contribution in [-0.2, 0) is 0 Å². The molecule has 0 aliphatic carbocycles. The molecule has 1 aliphatic rings. The van der Waals surface area contributed by atoms with Crippen molar-refractivity contribution in [3.8, 4) is 0 Å². The molecule has 1 unspecified atom stereocenters. The number of amides is 1. The van der Waals surface area contributed by atoms with Crippen molar-refractivity contribution in [1.82, 2.24) is 5.01 Å². The Morgan fingerprint density at radius 3 is 2.13 bits per heavy atom. The van der Waals surface area contributed by atoms with Gasteiger partial charge in [-0.25, -0.2) is 5.01 Å². The zero-order valence-electron chi connectivity index (χ0n) is 12.0. The Hall–Kier alpha value is -2.63. The largest absolute Gasteiger partial charge is 0.431 e. The lowest BCUT2D eigenvalue weighted by molar-refractivity contribution is -0.0601. The Morgan fingerprint density at radius 2 is 1.57 bits per heavy atom. The van der Waals surface area contributed by atoms with Gasteiger partial charge in [0.1, 0.15) is 5.71 Å². The summed E-state index contributed by atoms with van der Waals surface area (Å²) in [6.07, 6.45) is -4.88. The zero-order valence-corrected chi connectivity index (χ0v) is 12.0. The second-order valence-corrected chi connectivity index (χ2v) is 5.19. The van der Waals surface area contributed by atoms with Crippen molar-refractivity contribution in [2.75, 3.05) is 0 Å². The molecule has 0 bridgehead atoms. The van der Waals surface area contributed by atoms with Gasteiger partial charge in [0.05, 0.1) is 6.04 Å². The number of rotatable bonds is 2. The average molecular weight is 318 g/mol. The maximum absolute atomic E-state index is 13.0. The predicted molar refractivity (Wildman–Crippen MR) is 79.9 cm³/mol. The van der Waals surface area contributed by atoms with Crippen LogP contribution in [0.5, 0.6) is 0 Å². The number of halogens is 3. The first kappa shape index (κ1) is 15.3. The Bertz CT molecular complexity index is 727. The van der Waals surface area contributed by atoms with Crippen LogP contribution < -0.4 is 0 Å². The van der Waals surface area contributed by atoms with Crippen molar-refractivity contribution in [2.24, 2.45) is 5.10 Å². The van der Waals surface area contributed by atoms with Gasteiger partial charge in [0.2, 0.25) is 0 Å². The maximum atomic E-state index is 13.0. The molecule has 3 nitrogen and oxygen atoms in total. The molecular weight excluding hydrogens is 305 g/mol. The predicted octanol–water partition coefficient (Wildman–Crippen LogP) is 4.19. The highest BCUT2D eigenvalue weighted by atomic mass is 19.4. The summed E-state index contributed by atoms with van der Waals surface area (Å²) in [4.78, 5) is 12.6. The maximum Gasteiger partial charge on any atom is 0.431 e. The van der Waals surface area contributed by atoms with Crippen LogP contribution in [0.4, 0.5) is 13.2 Å². The third kappa shape index (κ3) is 3.11. The van der Waals surface area contributed by atoms with E-state index in [-0.39, 0.29) is 6.42 Å². The normalized spacial score (nSPS) is 18.0. The summed E-state index contributed by atoms with van der Waals surface area (Å²) < 4.78 is 39.1. The fourth-order valence-corrected chi connectivity index (χ4v) is 2.52. The Morgan fingerprint density at radius 1 is 1.00 bits per heavy atom. The van der Waals surface area contributed by atoms with E-state index in [4.69, 9.17) is 0 Å². The Kier molecular flexibility index (Phi) is 3.90. The monoisotopic (exact) mass is 318 g/mol. The van der Waals surface area contributed by atoms with Gasteiger partial charge in [-0.1, -0.05) is 48.5 Å². The highest BCUT2D eigenvalue weighted by Crippen LogP contribution is 2.36. The van der Waals surface area contributed by atoms with Crippen LogP contribution in [0.25, 0.3) is 0 Å². The van der Waals surface area contributed by atoms with Crippen LogP contribution in [0.1, 0.15) is 28.4 Å². The Labute approximate surface area is 131 Å². The molecule has 0 saturated carbocycles. The van der Waals surface area contributed by atoms with Gasteiger partial charge in [0.25, 0.3) is 5.91 Å². The minimum absolute atomic E-state index is 0.306. The van der Waals surface area contributed by atoms with E-state index in [1.165, 1.54) is 0 Å². The molecule has 0 saturated heterocycles. The summed E-state index contributed by atoms with van der Waals surface area (Å²) in [5.41, 5.74) is -0.00368. The molecule has 0 N–H and O–H groups in total. The number of hydrazone groups is 1. The van der Waals surface area contributed by atoms with Gasteiger partial charge < -0.3 is 0 Å². The standard InChI is InChI=1S/C17H13F3N2O/c18-17(19,20)15-11-14(12-7-3-1-4-8-12)22(21-15)16(23)13-9-5-2-6-10-13/h1-10,14H,11H2. The summed E-state index contributed by atoms with van der Waals surface area (Å²) >= 11 is 0. The van der Waals surface area contributed by atoms with Crippen molar-refractivity contribution in [3.63, 3.8) is 0 Å². The SMILES string of the molecule is O=C(c1ccccc1)N1N=C(C(F)(F)F)CC1c1ccccc1. The first-order valence-corrected chi connectivity index (χ1v) is 7.05. The smallest absolute Gasteiger partial charge is 0.267 e. The molecule has 3 rings (SSSR count). The van der Waals surface area contributed by atoms with Gasteiger partial charge in [-0.2, -0.15) is 18.3 Å². The van der Waals surface area contributed by atoms with Crippen LogP contribution in [0.15, 0.2) is 65.8 Å². The van der Waals surface area contributed by atoms with Gasteiger partial charge >= 0.3 is 6.18 Å². The topological polar surface area (TPSA) is 32.7 Å². The molecule has 23 heavy (non-hydrogen) atoms. The van der Waals surface area contributed by atoms with Crippen molar-refractivity contribution >= 4 is 11.6 Å². The number of carbonyl (C=O) groups excluding carboxylic acids is 1. The zero-order chi connectivity index (χ0) is 16.4. The number of nitrogens with zero attached hydrogens (tertiary/aromatic N) is 2. The van der Waals surface area contributed by atoms with Gasteiger partial charge in [-0.05, 0) is 17.7 Å². The van der Waals surface area contributed by atoms with Crippen LogP contribution in [0.2, 0.25) is 0 Å². The van der Waals surface area contributed by atoms with Gasteiger partial charge in [0, 0.05) is 12.0 Å². The highest BCUT2D eigenvalue weighted by molar-refractivity contribution is 5.99. The van der Waals surface area contributed by atoms with Crippen LogP contribution in [0, 0.1) is 0 Å². The number of alkyl halides is 3. The molecule has 1 atom stereocenters. The quantitative estimate of drug-likeness (QED) is 0.817. The lowest BCUT2D eigenvalue weighted by Crippen LogP contribution is -2.27. The summed E-state index contributed by atoms with van der Waals surface area (Å²) in [6.45, 7) is 0. The van der Waals surface area contributed by atoms with E-state index >= 15 is 0 Å². The highest BCUT2D eigenvalue weighted by Gasteiger charge is 2.44. The molecule has 118 valence electrons. The number of hydrogen-bond acceptors (Lipinski definition) is 2. The molecule has 0 aromatic heterocycles. The molecule has 2 aromatic rings. The molecule has 1 aliphatic heterocycles. The fourth-order valence-electron chi connectivity index (χ4n) is 2.52. The first-order valence-electron chi connectivity index (χ1n) is 7.05. The lowest BCUT2D eigenvalue weighted by Gasteiger charge is -2.22. The molecular formula is C17H13F3N2O. The average Bonchev–Trinajstić information content (AvgIpc) is 3.01. The van der Waals surface area contributed by atoms with E-state index in [9.17, 15) is 18.0 Å². The lowest BCUT2D eigenvalue weighted by atomic mass is 10.0. The van der Waals surface area contributed by atoms with Crippen molar-refractivity contribution in [2.45, 2.75) is 18.6 Å². The van der Waals surface area contributed by atoms with E-state index in [1.54, 1.807) is 60.7 Å². The van der Waals surface area contributed by atoms with E-state index in [2.05, 4.69) is 5.10 Å². The number of benzene rings is 2. The number of carbonyl (C=O) groups is 1. The first-order chi connectivity index (χ1) is 11.0. The summed E-state index contributed by atoms with van der Waals surface area (Å²) in [5, 5.41) is 4.51. The van der Waals surface area contributed by atoms with Gasteiger partial charge in [-0.15, -0.1) is 0 Å². The van der Waals surface area contributed by atoms with E-state index in [0.29, 0.717) is 11.1 Å². The van der Waals surface area contributed by atoms with Crippen molar-refractivity contribution in [3.05, 3.63) is 71.8 Å². The third-order valence-electron chi connectivity index (χ3n) is 3.65. The van der Waals surface area contributed by atoms with E-state index in [1.807, 2.05) is 0 Å². The molecule has 1 amide bonds. The van der Waals surface area contributed by atoms with Crippen molar-refractivity contribution in [1.29, 1.82) is 0 Å². The number of hydrogen-bond donors (Lipinski definition) is 0. The second kappa shape index (κ2) is 5.87. The fraction of sp³-hybridized carbons (Fsp3) is 0.176. The summed E-state index contributed by atoms with van der Waals surface area (Å²) in [7, 11) is 0. The minimum Gasteiger partial charge on any atom is -0.267 e. The molecule has 0 spiro atoms. The molecule has 6 heteroatoms.